The Kier molecular flexibility index (Phi) is 8.30. The van der Waals surface area contributed by atoms with Crippen LogP contribution in [-0.4, -0.2) is 55.3 Å². The van der Waals surface area contributed by atoms with Gasteiger partial charge in [-0.15, -0.1) is 0 Å². The lowest BCUT2D eigenvalue weighted by Crippen LogP contribution is -2.38. The maximum absolute atomic E-state index is 13.2. The Bertz CT molecular complexity index is 1180. The summed E-state index contributed by atoms with van der Waals surface area (Å²) in [5.41, 5.74) is 2.29. The molecule has 1 aliphatic heterocycles. The van der Waals surface area contributed by atoms with E-state index in [4.69, 9.17) is 9.47 Å². The lowest BCUT2D eigenvalue weighted by atomic mass is 10.1. The molecule has 10 heteroatoms. The Morgan fingerprint density at radius 2 is 2.11 bits per heavy atom. The molecular formula is C26H29FN6O3. The Hall–Kier alpha value is -4.18. The Balaban J connectivity index is 1.48. The van der Waals surface area contributed by atoms with Crippen molar-refractivity contribution in [3.05, 3.63) is 67.4 Å². The third-order valence-electron chi connectivity index (χ3n) is 5.70. The zero-order valence-corrected chi connectivity index (χ0v) is 20.0. The van der Waals surface area contributed by atoms with Gasteiger partial charge in [-0.05, 0) is 55.4 Å². The van der Waals surface area contributed by atoms with Crippen LogP contribution in [0.4, 0.5) is 27.4 Å². The van der Waals surface area contributed by atoms with Crippen molar-refractivity contribution in [3.8, 4) is 17.4 Å². The number of hydrogen-bond donors (Lipinski definition) is 3. The van der Waals surface area contributed by atoms with Crippen molar-refractivity contribution in [1.82, 2.24) is 15.3 Å². The van der Waals surface area contributed by atoms with E-state index in [1.807, 2.05) is 24.3 Å². The van der Waals surface area contributed by atoms with Crippen LogP contribution in [-0.2, 0) is 4.79 Å². The number of aromatic nitrogens is 2. The van der Waals surface area contributed by atoms with Crippen molar-refractivity contribution in [1.29, 1.82) is 0 Å². The van der Waals surface area contributed by atoms with Crippen molar-refractivity contribution in [2.75, 3.05) is 49.0 Å². The molecule has 3 aromatic rings. The number of ether oxygens (including phenoxy) is 2. The van der Waals surface area contributed by atoms with Gasteiger partial charge in [-0.3, -0.25) is 4.79 Å². The molecule has 2 aromatic carbocycles. The minimum atomic E-state index is -0.400. The van der Waals surface area contributed by atoms with Crippen LogP contribution in [0, 0.1) is 0 Å². The number of alkyl halides is 1. The fraction of sp³-hybridized carbons (Fsp3) is 0.269. The van der Waals surface area contributed by atoms with E-state index in [1.165, 1.54) is 19.4 Å². The third kappa shape index (κ3) is 6.28. The highest BCUT2D eigenvalue weighted by Gasteiger charge is 2.22. The highest BCUT2D eigenvalue weighted by molar-refractivity contribution is 5.98. The van der Waals surface area contributed by atoms with Gasteiger partial charge in [-0.25, -0.2) is 9.37 Å². The quantitative estimate of drug-likeness (QED) is 0.341. The molecule has 1 aliphatic rings. The lowest BCUT2D eigenvalue weighted by molar-refractivity contribution is -0.111. The zero-order chi connectivity index (χ0) is 25.3. The fourth-order valence-electron chi connectivity index (χ4n) is 3.96. The average Bonchev–Trinajstić information content (AvgIpc) is 3.43. The summed E-state index contributed by atoms with van der Waals surface area (Å²) in [7, 11) is 1.50. The predicted octanol–water partition coefficient (Wildman–Crippen LogP) is 4.28. The summed E-state index contributed by atoms with van der Waals surface area (Å²) in [6.45, 7) is 5.21. The molecule has 9 nitrogen and oxygen atoms in total. The third-order valence-corrected chi connectivity index (χ3v) is 5.70. The molecule has 1 fully saturated rings. The fourth-order valence-corrected chi connectivity index (χ4v) is 3.96. The maximum Gasteiger partial charge on any atom is 0.267 e. The number of nitrogens with zero attached hydrogens (tertiary/aromatic N) is 3. The molecule has 0 unspecified atom stereocenters. The summed E-state index contributed by atoms with van der Waals surface area (Å²) in [5, 5.41) is 9.18. The first kappa shape index (κ1) is 24.9. The number of amides is 1. The van der Waals surface area contributed by atoms with E-state index in [-0.39, 0.29) is 17.8 Å². The van der Waals surface area contributed by atoms with Crippen LogP contribution in [0.25, 0.3) is 0 Å². The Labute approximate surface area is 209 Å². The molecule has 2 heterocycles. The summed E-state index contributed by atoms with van der Waals surface area (Å²) in [4.78, 5) is 22.4. The monoisotopic (exact) mass is 492 g/mol. The first-order valence-electron chi connectivity index (χ1n) is 11.6. The first-order chi connectivity index (χ1) is 17.6. The molecule has 36 heavy (non-hydrogen) atoms. The van der Waals surface area contributed by atoms with Crippen LogP contribution < -0.4 is 30.3 Å². The van der Waals surface area contributed by atoms with E-state index in [2.05, 4.69) is 37.4 Å². The molecule has 0 aliphatic carbocycles. The van der Waals surface area contributed by atoms with Crippen LogP contribution in [0.2, 0.25) is 0 Å². The molecule has 188 valence electrons. The molecule has 0 spiro atoms. The minimum Gasteiger partial charge on any atom is -0.490 e. The van der Waals surface area contributed by atoms with Gasteiger partial charge in [0, 0.05) is 42.3 Å². The molecule has 4 rings (SSSR count). The molecular weight excluding hydrogens is 463 g/mol. The van der Waals surface area contributed by atoms with Crippen molar-refractivity contribution >= 4 is 28.9 Å². The van der Waals surface area contributed by atoms with Crippen LogP contribution in [0.3, 0.4) is 0 Å². The number of halogens is 1. The molecule has 0 radical (unpaired) electrons. The maximum atomic E-state index is 13.2. The Morgan fingerprint density at radius 1 is 1.28 bits per heavy atom. The van der Waals surface area contributed by atoms with E-state index < -0.39 is 6.67 Å². The second kappa shape index (κ2) is 12.0. The van der Waals surface area contributed by atoms with Gasteiger partial charge >= 0.3 is 0 Å². The summed E-state index contributed by atoms with van der Waals surface area (Å²) >= 11 is 0. The molecule has 1 aromatic heterocycles. The average molecular weight is 493 g/mol. The second-order valence-corrected chi connectivity index (χ2v) is 8.09. The highest BCUT2D eigenvalue weighted by atomic mass is 19.1. The number of anilines is 4. The number of methoxy groups -OCH3 is 1. The number of hydrogen-bond acceptors (Lipinski definition) is 8. The van der Waals surface area contributed by atoms with Crippen molar-refractivity contribution < 1.29 is 18.7 Å². The van der Waals surface area contributed by atoms with E-state index >= 15 is 0 Å². The molecule has 3 N–H and O–H groups in total. The van der Waals surface area contributed by atoms with Gasteiger partial charge in [0.2, 0.25) is 11.9 Å². The lowest BCUT2D eigenvalue weighted by Gasteiger charge is -2.30. The van der Waals surface area contributed by atoms with Crippen molar-refractivity contribution in [2.24, 2.45) is 0 Å². The van der Waals surface area contributed by atoms with Gasteiger partial charge in [-0.1, -0.05) is 12.6 Å². The molecule has 1 amide bonds. The topological polar surface area (TPSA) is 101 Å². The SMILES string of the molecule is C=CC(=O)Nc1cccc(Oc2nc(Nc3ccc(N(CCF)[C@H]4CCNC4)cc3)ncc2OC)c1. The van der Waals surface area contributed by atoms with E-state index in [0.29, 0.717) is 29.7 Å². The van der Waals surface area contributed by atoms with E-state index in [9.17, 15) is 9.18 Å². The molecule has 0 saturated carbocycles. The van der Waals surface area contributed by atoms with Gasteiger partial charge in [0.15, 0.2) is 5.75 Å². The first-order valence-corrected chi connectivity index (χ1v) is 11.6. The molecule has 1 atom stereocenters. The predicted molar refractivity (Wildman–Crippen MR) is 138 cm³/mol. The standard InChI is InChI=1S/C26H29FN6O3/c1-3-24(34)30-19-5-4-6-22(15-19)36-25-23(35-2)17-29-26(32-25)31-18-7-9-20(10-8-18)33(14-12-27)21-11-13-28-16-21/h3-10,15,17,21,28H,1,11-14,16H2,2H3,(H,30,34)(H,29,31,32)/t21-/m0/s1. The van der Waals surface area contributed by atoms with Crippen molar-refractivity contribution in [3.63, 3.8) is 0 Å². The normalized spacial score (nSPS) is 14.7. The summed E-state index contributed by atoms with van der Waals surface area (Å²) < 4.78 is 24.4. The van der Waals surface area contributed by atoms with E-state index in [1.54, 1.807) is 24.3 Å². The number of nitrogens with one attached hydrogen (secondary N) is 3. The van der Waals surface area contributed by atoms with Crippen LogP contribution in [0.5, 0.6) is 17.4 Å². The van der Waals surface area contributed by atoms with Gasteiger partial charge in [0.1, 0.15) is 12.4 Å². The number of rotatable bonds is 11. The van der Waals surface area contributed by atoms with Gasteiger partial charge < -0.3 is 30.3 Å². The molecule has 1 saturated heterocycles. The second-order valence-electron chi connectivity index (χ2n) is 8.09. The summed E-state index contributed by atoms with van der Waals surface area (Å²) in [6.07, 6.45) is 3.69. The van der Waals surface area contributed by atoms with E-state index in [0.717, 1.165) is 30.9 Å². The van der Waals surface area contributed by atoms with Gasteiger partial charge in [-0.2, -0.15) is 4.98 Å². The van der Waals surface area contributed by atoms with Crippen LogP contribution >= 0.6 is 0 Å². The molecule has 0 bridgehead atoms. The van der Waals surface area contributed by atoms with Gasteiger partial charge in [0.05, 0.1) is 13.3 Å². The van der Waals surface area contributed by atoms with Crippen molar-refractivity contribution in [2.45, 2.75) is 12.5 Å². The summed E-state index contributed by atoms with van der Waals surface area (Å²) in [6, 6.07) is 14.9. The highest BCUT2D eigenvalue weighted by Crippen LogP contribution is 2.31. The number of carbonyl (C=O) groups excluding carboxylic acids is 1. The minimum absolute atomic E-state index is 0.210. The largest absolute Gasteiger partial charge is 0.490 e. The van der Waals surface area contributed by atoms with Gasteiger partial charge in [0.25, 0.3) is 5.88 Å². The zero-order valence-electron chi connectivity index (χ0n) is 20.0. The number of carbonyl (C=O) groups is 1. The number of benzene rings is 2. The summed E-state index contributed by atoms with van der Waals surface area (Å²) in [5.74, 6) is 1.01. The van der Waals surface area contributed by atoms with Crippen LogP contribution in [0.15, 0.2) is 67.4 Å². The Morgan fingerprint density at radius 3 is 2.81 bits per heavy atom. The smallest absolute Gasteiger partial charge is 0.267 e. The van der Waals surface area contributed by atoms with Crippen LogP contribution in [0.1, 0.15) is 6.42 Å².